The number of hydrogen-bond donors (Lipinski definition) is 1. The van der Waals surface area contributed by atoms with E-state index in [0.717, 1.165) is 0 Å². The molecule has 1 amide bonds. The third-order valence-electron chi connectivity index (χ3n) is 2.01. The first-order chi connectivity index (χ1) is 7.63. The van der Waals surface area contributed by atoms with Crippen molar-refractivity contribution in [2.45, 2.75) is 26.3 Å². The number of nitriles is 1. The van der Waals surface area contributed by atoms with Gasteiger partial charge in [0.1, 0.15) is 0 Å². The largest absolute Gasteiger partial charge is 0.335 e. The fraction of sp³-hybridized carbons (Fsp3) is 0.417. The van der Waals surface area contributed by atoms with Crippen molar-refractivity contribution in [1.82, 2.24) is 10.3 Å². The Labute approximate surface area is 95.3 Å². The van der Waals surface area contributed by atoms with Gasteiger partial charge in [-0.3, -0.25) is 9.78 Å². The SMILES string of the molecule is CC(C)CC(=O)NC(C#N)c1ccccn1. The van der Waals surface area contributed by atoms with Crippen molar-refractivity contribution in [3.05, 3.63) is 30.1 Å². The van der Waals surface area contributed by atoms with E-state index < -0.39 is 6.04 Å². The van der Waals surface area contributed by atoms with Crippen molar-refractivity contribution in [2.24, 2.45) is 5.92 Å². The van der Waals surface area contributed by atoms with Crippen molar-refractivity contribution >= 4 is 5.91 Å². The van der Waals surface area contributed by atoms with Crippen LogP contribution in [0.3, 0.4) is 0 Å². The van der Waals surface area contributed by atoms with Gasteiger partial charge in [-0.05, 0) is 18.1 Å². The summed E-state index contributed by atoms with van der Waals surface area (Å²) in [5, 5.41) is 11.6. The van der Waals surface area contributed by atoms with Gasteiger partial charge in [0.15, 0.2) is 6.04 Å². The minimum atomic E-state index is -0.660. The molecule has 1 rings (SSSR count). The Hall–Kier alpha value is -1.89. The molecule has 84 valence electrons. The summed E-state index contributed by atoms with van der Waals surface area (Å²) in [7, 11) is 0. The Morgan fingerprint density at radius 2 is 2.31 bits per heavy atom. The van der Waals surface area contributed by atoms with Gasteiger partial charge in [-0.25, -0.2) is 0 Å². The number of rotatable bonds is 4. The van der Waals surface area contributed by atoms with Gasteiger partial charge < -0.3 is 5.32 Å². The number of hydrogen-bond acceptors (Lipinski definition) is 3. The molecule has 1 unspecified atom stereocenters. The molecule has 0 fully saturated rings. The molecule has 4 nitrogen and oxygen atoms in total. The monoisotopic (exact) mass is 217 g/mol. The minimum Gasteiger partial charge on any atom is -0.335 e. The van der Waals surface area contributed by atoms with E-state index >= 15 is 0 Å². The van der Waals surface area contributed by atoms with E-state index in [2.05, 4.69) is 10.3 Å². The van der Waals surface area contributed by atoms with E-state index in [1.807, 2.05) is 19.9 Å². The smallest absolute Gasteiger partial charge is 0.221 e. The third-order valence-corrected chi connectivity index (χ3v) is 2.01. The zero-order chi connectivity index (χ0) is 12.0. The van der Waals surface area contributed by atoms with E-state index in [0.29, 0.717) is 12.1 Å². The number of pyridine rings is 1. The van der Waals surface area contributed by atoms with Crippen molar-refractivity contribution in [3.63, 3.8) is 0 Å². The minimum absolute atomic E-state index is 0.118. The van der Waals surface area contributed by atoms with Crippen LogP contribution in [0.15, 0.2) is 24.4 Å². The summed E-state index contributed by atoms with van der Waals surface area (Å²) in [5.74, 6) is 0.162. The molecular formula is C12H15N3O. The summed E-state index contributed by atoms with van der Waals surface area (Å²) >= 11 is 0. The molecule has 1 aromatic heterocycles. The molecular weight excluding hydrogens is 202 g/mol. The Morgan fingerprint density at radius 1 is 1.56 bits per heavy atom. The molecule has 16 heavy (non-hydrogen) atoms. The topological polar surface area (TPSA) is 65.8 Å². The van der Waals surface area contributed by atoms with E-state index in [-0.39, 0.29) is 11.8 Å². The fourth-order valence-electron chi connectivity index (χ4n) is 1.31. The summed E-state index contributed by atoms with van der Waals surface area (Å²) in [6, 6.07) is 6.66. The lowest BCUT2D eigenvalue weighted by Gasteiger charge is -2.11. The van der Waals surface area contributed by atoms with E-state index in [9.17, 15) is 4.79 Å². The van der Waals surface area contributed by atoms with Gasteiger partial charge in [0.2, 0.25) is 5.91 Å². The molecule has 1 heterocycles. The van der Waals surface area contributed by atoms with Gasteiger partial charge >= 0.3 is 0 Å². The Bertz CT molecular complexity index is 381. The van der Waals surface area contributed by atoms with E-state index in [1.54, 1.807) is 24.4 Å². The van der Waals surface area contributed by atoms with Gasteiger partial charge in [0, 0.05) is 12.6 Å². The number of aromatic nitrogens is 1. The Kier molecular flexibility index (Phi) is 4.46. The summed E-state index contributed by atoms with van der Waals surface area (Å²) in [6.07, 6.45) is 2.03. The van der Waals surface area contributed by atoms with Gasteiger partial charge in [-0.1, -0.05) is 19.9 Å². The summed E-state index contributed by atoms with van der Waals surface area (Å²) in [5.41, 5.74) is 0.571. The van der Waals surface area contributed by atoms with E-state index in [4.69, 9.17) is 5.26 Å². The second-order valence-corrected chi connectivity index (χ2v) is 3.98. The first-order valence-electron chi connectivity index (χ1n) is 5.23. The van der Waals surface area contributed by atoms with Crippen LogP contribution in [-0.2, 0) is 4.79 Å². The van der Waals surface area contributed by atoms with Crippen LogP contribution in [-0.4, -0.2) is 10.9 Å². The van der Waals surface area contributed by atoms with Crippen molar-refractivity contribution in [1.29, 1.82) is 5.26 Å². The highest BCUT2D eigenvalue weighted by Gasteiger charge is 2.15. The normalized spacial score (nSPS) is 11.9. The van der Waals surface area contributed by atoms with Crippen LogP contribution in [0, 0.1) is 17.2 Å². The second-order valence-electron chi connectivity index (χ2n) is 3.98. The highest BCUT2D eigenvalue weighted by Crippen LogP contribution is 2.09. The number of nitrogens with one attached hydrogen (secondary N) is 1. The molecule has 0 aliphatic rings. The molecule has 0 spiro atoms. The van der Waals surface area contributed by atoms with Crippen LogP contribution in [0.1, 0.15) is 32.0 Å². The van der Waals surface area contributed by atoms with Crippen molar-refractivity contribution in [3.8, 4) is 6.07 Å². The number of amides is 1. The summed E-state index contributed by atoms with van der Waals surface area (Å²) in [6.45, 7) is 3.92. The first-order valence-corrected chi connectivity index (χ1v) is 5.23. The average molecular weight is 217 g/mol. The molecule has 4 heteroatoms. The van der Waals surface area contributed by atoms with Crippen LogP contribution in [0.2, 0.25) is 0 Å². The first kappa shape index (κ1) is 12.2. The maximum atomic E-state index is 11.5. The lowest BCUT2D eigenvalue weighted by Crippen LogP contribution is -2.28. The molecule has 1 aromatic rings. The molecule has 0 saturated carbocycles. The number of carbonyl (C=O) groups is 1. The molecule has 1 N–H and O–H groups in total. The van der Waals surface area contributed by atoms with Gasteiger partial charge in [0.05, 0.1) is 11.8 Å². The molecule has 0 bridgehead atoms. The molecule has 0 aromatic carbocycles. The van der Waals surface area contributed by atoms with Crippen LogP contribution in [0.25, 0.3) is 0 Å². The standard InChI is InChI=1S/C12H15N3O/c1-9(2)7-12(16)15-11(8-13)10-5-3-4-6-14-10/h3-6,9,11H,7H2,1-2H3,(H,15,16). The maximum absolute atomic E-state index is 11.5. The molecule has 0 aliphatic carbocycles. The fourth-order valence-corrected chi connectivity index (χ4v) is 1.31. The Balaban J connectivity index is 2.64. The lowest BCUT2D eigenvalue weighted by atomic mass is 10.1. The van der Waals surface area contributed by atoms with Crippen LogP contribution < -0.4 is 5.32 Å². The summed E-state index contributed by atoms with van der Waals surface area (Å²) in [4.78, 5) is 15.6. The second kappa shape index (κ2) is 5.86. The molecule has 0 saturated heterocycles. The van der Waals surface area contributed by atoms with Crippen molar-refractivity contribution in [2.75, 3.05) is 0 Å². The van der Waals surface area contributed by atoms with Gasteiger partial charge in [-0.15, -0.1) is 0 Å². The quantitative estimate of drug-likeness (QED) is 0.836. The number of carbonyl (C=O) groups excluding carboxylic acids is 1. The highest BCUT2D eigenvalue weighted by molar-refractivity contribution is 5.76. The maximum Gasteiger partial charge on any atom is 0.221 e. The molecule has 1 atom stereocenters. The Morgan fingerprint density at radius 3 is 2.81 bits per heavy atom. The number of nitrogens with zero attached hydrogens (tertiary/aromatic N) is 2. The summed E-state index contributed by atoms with van der Waals surface area (Å²) < 4.78 is 0. The van der Waals surface area contributed by atoms with Gasteiger partial charge in [0.25, 0.3) is 0 Å². The molecule has 0 aliphatic heterocycles. The zero-order valence-electron chi connectivity index (χ0n) is 9.47. The highest BCUT2D eigenvalue weighted by atomic mass is 16.1. The predicted octanol–water partition coefficient (Wildman–Crippen LogP) is 1.81. The van der Waals surface area contributed by atoms with Crippen molar-refractivity contribution < 1.29 is 4.79 Å². The third kappa shape index (κ3) is 3.70. The lowest BCUT2D eigenvalue weighted by molar-refractivity contribution is -0.122. The van der Waals surface area contributed by atoms with Crippen LogP contribution in [0.5, 0.6) is 0 Å². The van der Waals surface area contributed by atoms with Crippen LogP contribution >= 0.6 is 0 Å². The van der Waals surface area contributed by atoms with Crippen LogP contribution in [0.4, 0.5) is 0 Å². The molecule has 0 radical (unpaired) electrons. The zero-order valence-corrected chi connectivity index (χ0v) is 9.47. The average Bonchev–Trinajstić information content (AvgIpc) is 2.26. The van der Waals surface area contributed by atoms with E-state index in [1.165, 1.54) is 0 Å². The van der Waals surface area contributed by atoms with Gasteiger partial charge in [-0.2, -0.15) is 5.26 Å². The predicted molar refractivity (Wildman–Crippen MR) is 60.2 cm³/mol.